The quantitative estimate of drug-likeness (QED) is 0.693. The number of imide groups is 1. The summed E-state index contributed by atoms with van der Waals surface area (Å²) in [5.41, 5.74) is 0. The average molecular weight is 210 g/mol. The number of hydrogen-bond donors (Lipinski definition) is 1. The van der Waals surface area contributed by atoms with Gasteiger partial charge in [-0.15, -0.1) is 0 Å². The van der Waals surface area contributed by atoms with Crippen molar-refractivity contribution in [3.8, 4) is 0 Å². The van der Waals surface area contributed by atoms with Crippen molar-refractivity contribution in [3.05, 3.63) is 0 Å². The Morgan fingerprint density at radius 1 is 1.50 bits per heavy atom. The van der Waals surface area contributed by atoms with E-state index in [1.165, 1.54) is 6.92 Å². The van der Waals surface area contributed by atoms with Crippen LogP contribution >= 0.6 is 0 Å². The van der Waals surface area contributed by atoms with Gasteiger partial charge in [-0.1, -0.05) is 6.92 Å². The summed E-state index contributed by atoms with van der Waals surface area (Å²) in [6.07, 6.45) is -4.43. The van der Waals surface area contributed by atoms with E-state index in [9.17, 15) is 22.8 Å². The fourth-order valence-corrected chi connectivity index (χ4v) is 1.16. The summed E-state index contributed by atoms with van der Waals surface area (Å²) in [5.74, 6) is -1.14. The molecule has 0 aromatic heterocycles. The van der Waals surface area contributed by atoms with Crippen LogP contribution in [0.3, 0.4) is 0 Å². The second kappa shape index (κ2) is 3.47. The van der Waals surface area contributed by atoms with Crippen molar-refractivity contribution < 1.29 is 22.8 Å². The van der Waals surface area contributed by atoms with Crippen LogP contribution in [0, 0.1) is 5.92 Å². The first-order valence-corrected chi connectivity index (χ1v) is 3.96. The number of rotatable bonds is 1. The first-order chi connectivity index (χ1) is 6.29. The van der Waals surface area contributed by atoms with Gasteiger partial charge >= 0.3 is 12.2 Å². The monoisotopic (exact) mass is 210 g/mol. The van der Waals surface area contributed by atoms with Crippen LogP contribution < -0.4 is 5.32 Å². The number of carbonyl (C=O) groups excluding carboxylic acids is 2. The molecular weight excluding hydrogens is 201 g/mol. The molecule has 0 radical (unpaired) electrons. The number of nitrogens with one attached hydrogen (secondary N) is 1. The normalized spacial score (nSPS) is 23.7. The summed E-state index contributed by atoms with van der Waals surface area (Å²) >= 11 is 0. The third-order valence-electron chi connectivity index (χ3n) is 1.83. The van der Waals surface area contributed by atoms with Crippen molar-refractivity contribution in [1.29, 1.82) is 0 Å². The van der Waals surface area contributed by atoms with E-state index >= 15 is 0 Å². The molecule has 0 aromatic rings. The smallest absolute Gasteiger partial charge is 0.315 e. The molecule has 0 spiro atoms. The lowest BCUT2D eigenvalue weighted by molar-refractivity contribution is -0.146. The minimum atomic E-state index is -4.43. The molecule has 1 aliphatic heterocycles. The minimum Gasteiger partial charge on any atom is -0.315 e. The highest BCUT2D eigenvalue weighted by Gasteiger charge is 2.37. The lowest BCUT2D eigenvalue weighted by atomic mass is 10.1. The van der Waals surface area contributed by atoms with Crippen LogP contribution in [-0.2, 0) is 4.79 Å². The van der Waals surface area contributed by atoms with E-state index in [1.807, 2.05) is 5.32 Å². The predicted octanol–water partition coefficient (Wildman–Crippen LogP) is 0.737. The van der Waals surface area contributed by atoms with Gasteiger partial charge < -0.3 is 4.90 Å². The number of amides is 3. The Bertz CT molecular complexity index is 264. The van der Waals surface area contributed by atoms with Crippen LogP contribution in [0.15, 0.2) is 0 Å². The fraction of sp³-hybridized carbons (Fsp3) is 0.714. The second-order valence-electron chi connectivity index (χ2n) is 3.19. The van der Waals surface area contributed by atoms with Crippen molar-refractivity contribution in [2.75, 3.05) is 13.1 Å². The van der Waals surface area contributed by atoms with Crippen LogP contribution in [0.4, 0.5) is 18.0 Å². The summed E-state index contributed by atoms with van der Waals surface area (Å²) in [7, 11) is 0. The largest absolute Gasteiger partial charge is 0.406 e. The molecule has 0 aromatic carbocycles. The molecule has 80 valence electrons. The van der Waals surface area contributed by atoms with Crippen molar-refractivity contribution >= 4 is 11.9 Å². The molecule has 1 saturated heterocycles. The molecule has 1 unspecified atom stereocenters. The molecule has 3 amide bonds. The van der Waals surface area contributed by atoms with Gasteiger partial charge in [0.05, 0.1) is 5.92 Å². The molecule has 0 bridgehead atoms. The first kappa shape index (κ1) is 10.8. The van der Waals surface area contributed by atoms with E-state index in [0.717, 1.165) is 0 Å². The van der Waals surface area contributed by atoms with Crippen molar-refractivity contribution in [3.63, 3.8) is 0 Å². The van der Waals surface area contributed by atoms with E-state index in [4.69, 9.17) is 0 Å². The standard InChI is InChI=1S/C7H9F3N2O2/c1-4-2-12(3-7(8,9)10)6(14)11-5(4)13/h4H,2-3H2,1H3,(H,11,13,14). The second-order valence-corrected chi connectivity index (χ2v) is 3.19. The number of urea groups is 1. The molecule has 0 aliphatic carbocycles. The van der Waals surface area contributed by atoms with Crippen LogP contribution in [0.5, 0.6) is 0 Å². The fourth-order valence-electron chi connectivity index (χ4n) is 1.16. The topological polar surface area (TPSA) is 49.4 Å². The van der Waals surface area contributed by atoms with Gasteiger partial charge in [-0.25, -0.2) is 4.79 Å². The zero-order chi connectivity index (χ0) is 10.9. The first-order valence-electron chi connectivity index (χ1n) is 3.96. The lowest BCUT2D eigenvalue weighted by Crippen LogP contribution is -2.55. The average Bonchev–Trinajstić information content (AvgIpc) is 1.97. The SMILES string of the molecule is CC1CN(CC(F)(F)F)C(=O)NC1=O. The van der Waals surface area contributed by atoms with E-state index in [2.05, 4.69) is 0 Å². The molecule has 4 nitrogen and oxygen atoms in total. The van der Waals surface area contributed by atoms with E-state index in [-0.39, 0.29) is 6.54 Å². The number of halogens is 3. The van der Waals surface area contributed by atoms with Gasteiger partial charge in [0.25, 0.3) is 0 Å². The molecule has 1 atom stereocenters. The molecule has 1 aliphatic rings. The van der Waals surface area contributed by atoms with Gasteiger partial charge in [-0.2, -0.15) is 13.2 Å². The molecule has 1 rings (SSSR count). The van der Waals surface area contributed by atoms with Crippen LogP contribution in [-0.4, -0.2) is 36.1 Å². The van der Waals surface area contributed by atoms with Gasteiger partial charge in [0.1, 0.15) is 6.54 Å². The molecular formula is C7H9F3N2O2. The summed E-state index contributed by atoms with van der Waals surface area (Å²) < 4.78 is 35.8. The van der Waals surface area contributed by atoms with Gasteiger partial charge in [-0.05, 0) is 0 Å². The number of nitrogens with zero attached hydrogens (tertiary/aromatic N) is 1. The maximum Gasteiger partial charge on any atom is 0.406 e. The van der Waals surface area contributed by atoms with Crippen molar-refractivity contribution in [2.45, 2.75) is 13.1 Å². The van der Waals surface area contributed by atoms with Crippen LogP contribution in [0.2, 0.25) is 0 Å². The van der Waals surface area contributed by atoms with Gasteiger partial charge in [-0.3, -0.25) is 10.1 Å². The molecule has 14 heavy (non-hydrogen) atoms. The Hall–Kier alpha value is -1.27. The number of carbonyl (C=O) groups is 2. The molecule has 0 saturated carbocycles. The summed E-state index contributed by atoms with van der Waals surface area (Å²) in [6.45, 7) is -0.0498. The highest BCUT2D eigenvalue weighted by atomic mass is 19.4. The van der Waals surface area contributed by atoms with Gasteiger partial charge in [0, 0.05) is 6.54 Å². The maximum atomic E-state index is 11.9. The van der Waals surface area contributed by atoms with Gasteiger partial charge in [0.2, 0.25) is 5.91 Å². The Morgan fingerprint density at radius 2 is 2.07 bits per heavy atom. The number of hydrogen-bond acceptors (Lipinski definition) is 2. The van der Waals surface area contributed by atoms with Crippen LogP contribution in [0.25, 0.3) is 0 Å². The molecule has 7 heteroatoms. The highest BCUT2D eigenvalue weighted by molar-refractivity contribution is 5.97. The van der Waals surface area contributed by atoms with E-state index in [0.29, 0.717) is 4.90 Å². The Morgan fingerprint density at radius 3 is 2.57 bits per heavy atom. The predicted molar refractivity (Wildman–Crippen MR) is 40.3 cm³/mol. The highest BCUT2D eigenvalue weighted by Crippen LogP contribution is 2.18. The zero-order valence-corrected chi connectivity index (χ0v) is 7.39. The summed E-state index contributed by atoms with van der Waals surface area (Å²) in [4.78, 5) is 22.4. The molecule has 1 heterocycles. The molecule has 1 N–H and O–H groups in total. The van der Waals surface area contributed by atoms with Crippen LogP contribution in [0.1, 0.15) is 6.92 Å². The maximum absolute atomic E-state index is 11.9. The Balaban J connectivity index is 2.62. The van der Waals surface area contributed by atoms with Crippen molar-refractivity contribution in [1.82, 2.24) is 10.2 Å². The number of alkyl halides is 3. The molecule has 1 fully saturated rings. The summed E-state index contributed by atoms with van der Waals surface area (Å²) in [6, 6.07) is -0.981. The summed E-state index contributed by atoms with van der Waals surface area (Å²) in [5, 5.41) is 1.85. The lowest BCUT2D eigenvalue weighted by Gasteiger charge is -2.30. The third kappa shape index (κ3) is 2.61. The minimum absolute atomic E-state index is 0.190. The third-order valence-corrected chi connectivity index (χ3v) is 1.83. The van der Waals surface area contributed by atoms with E-state index < -0.39 is 30.6 Å². The Labute approximate surface area is 78.1 Å². The van der Waals surface area contributed by atoms with E-state index in [1.54, 1.807) is 0 Å². The Kier molecular flexibility index (Phi) is 2.68. The van der Waals surface area contributed by atoms with Crippen molar-refractivity contribution in [2.24, 2.45) is 5.92 Å². The van der Waals surface area contributed by atoms with Gasteiger partial charge in [0.15, 0.2) is 0 Å². The zero-order valence-electron chi connectivity index (χ0n) is 7.39.